The van der Waals surface area contributed by atoms with Gasteiger partial charge in [0.05, 0.1) is 22.5 Å². The molecule has 0 atom stereocenters. The summed E-state index contributed by atoms with van der Waals surface area (Å²) in [4.78, 5) is 28.6. The Labute approximate surface area is 183 Å². The largest absolute Gasteiger partial charge is 0.306 e. The standard InChI is InChI=1S/C23H19ClN4OS/c24-17-8-6-16(7-9-17)22-26-19-10-11-28(12-18(19)23(29)27-22)13-20-21(25-14-30-20)15-4-2-1-3-5-15/h1-9,14H,10-13H2,(H,26,27,29). The molecule has 2 aromatic carbocycles. The third-order valence-electron chi connectivity index (χ3n) is 5.32. The number of aromatic amines is 1. The molecule has 0 bridgehead atoms. The summed E-state index contributed by atoms with van der Waals surface area (Å²) >= 11 is 7.63. The first-order valence-corrected chi connectivity index (χ1v) is 11.0. The second-order valence-corrected chi connectivity index (χ2v) is 8.67. The third kappa shape index (κ3) is 3.81. The molecule has 0 spiro atoms. The van der Waals surface area contributed by atoms with Gasteiger partial charge < -0.3 is 4.98 Å². The Morgan fingerprint density at radius 3 is 2.67 bits per heavy atom. The number of thiazole rings is 1. The zero-order valence-corrected chi connectivity index (χ0v) is 17.7. The molecular weight excluding hydrogens is 416 g/mol. The summed E-state index contributed by atoms with van der Waals surface area (Å²) in [6.45, 7) is 2.22. The molecule has 1 aliphatic rings. The van der Waals surface area contributed by atoms with Crippen LogP contribution in [0.1, 0.15) is 16.1 Å². The summed E-state index contributed by atoms with van der Waals surface area (Å²) in [5.41, 5.74) is 6.47. The first kappa shape index (κ1) is 19.2. The lowest BCUT2D eigenvalue weighted by Gasteiger charge is -2.27. The molecule has 5 nitrogen and oxygen atoms in total. The lowest BCUT2D eigenvalue weighted by Crippen LogP contribution is -2.35. The molecule has 1 N–H and O–H groups in total. The van der Waals surface area contributed by atoms with Gasteiger partial charge in [0.1, 0.15) is 5.82 Å². The van der Waals surface area contributed by atoms with E-state index in [4.69, 9.17) is 16.6 Å². The second-order valence-electron chi connectivity index (χ2n) is 7.30. The van der Waals surface area contributed by atoms with Gasteiger partial charge in [-0.25, -0.2) is 9.97 Å². The number of H-pyrrole nitrogens is 1. The van der Waals surface area contributed by atoms with E-state index in [2.05, 4.69) is 27.0 Å². The van der Waals surface area contributed by atoms with Crippen LogP contribution in [0, 0.1) is 0 Å². The van der Waals surface area contributed by atoms with Crippen molar-refractivity contribution in [2.24, 2.45) is 0 Å². The topological polar surface area (TPSA) is 61.9 Å². The highest BCUT2D eigenvalue weighted by Gasteiger charge is 2.23. The van der Waals surface area contributed by atoms with E-state index in [1.807, 2.05) is 35.8 Å². The molecule has 5 rings (SSSR count). The molecule has 150 valence electrons. The molecule has 0 amide bonds. The molecule has 0 saturated carbocycles. The molecular formula is C23H19ClN4OS. The van der Waals surface area contributed by atoms with E-state index in [-0.39, 0.29) is 5.56 Å². The first-order valence-electron chi connectivity index (χ1n) is 9.75. The lowest BCUT2D eigenvalue weighted by molar-refractivity contribution is 0.244. The van der Waals surface area contributed by atoms with Crippen LogP contribution in [-0.2, 0) is 19.5 Å². The van der Waals surface area contributed by atoms with Crippen LogP contribution in [0.4, 0.5) is 0 Å². The van der Waals surface area contributed by atoms with Crippen molar-refractivity contribution >= 4 is 22.9 Å². The van der Waals surface area contributed by atoms with Gasteiger partial charge in [0.15, 0.2) is 0 Å². The Morgan fingerprint density at radius 2 is 1.87 bits per heavy atom. The fraction of sp³-hybridized carbons (Fsp3) is 0.174. The maximum absolute atomic E-state index is 12.8. The minimum Gasteiger partial charge on any atom is -0.306 e. The van der Waals surface area contributed by atoms with Gasteiger partial charge in [-0.05, 0) is 24.3 Å². The average Bonchev–Trinajstić information content (AvgIpc) is 3.23. The van der Waals surface area contributed by atoms with E-state index in [1.54, 1.807) is 23.5 Å². The van der Waals surface area contributed by atoms with Gasteiger partial charge in [0.2, 0.25) is 0 Å². The minimum absolute atomic E-state index is 0.0674. The fourth-order valence-corrected chi connectivity index (χ4v) is 4.73. The van der Waals surface area contributed by atoms with Crippen molar-refractivity contribution in [1.29, 1.82) is 0 Å². The monoisotopic (exact) mass is 434 g/mol. The fourth-order valence-electron chi connectivity index (χ4n) is 3.78. The third-order valence-corrected chi connectivity index (χ3v) is 6.39. The predicted octanol–water partition coefficient (Wildman–Crippen LogP) is 4.77. The number of hydrogen-bond donors (Lipinski definition) is 1. The average molecular weight is 435 g/mol. The molecule has 30 heavy (non-hydrogen) atoms. The minimum atomic E-state index is -0.0674. The SMILES string of the molecule is O=c1[nH]c(-c2ccc(Cl)cc2)nc2c1CN(Cc1scnc1-c1ccccc1)CC2. The van der Waals surface area contributed by atoms with Gasteiger partial charge in [-0.2, -0.15) is 0 Å². The Hall–Kier alpha value is -2.80. The summed E-state index contributed by atoms with van der Waals surface area (Å²) in [7, 11) is 0. The number of nitrogens with zero attached hydrogens (tertiary/aromatic N) is 3. The van der Waals surface area contributed by atoms with Crippen molar-refractivity contribution < 1.29 is 0 Å². The van der Waals surface area contributed by atoms with Crippen molar-refractivity contribution in [3.05, 3.63) is 91.6 Å². The van der Waals surface area contributed by atoms with Gasteiger partial charge in [-0.1, -0.05) is 41.9 Å². The number of rotatable bonds is 4. The van der Waals surface area contributed by atoms with Crippen molar-refractivity contribution in [1.82, 2.24) is 19.9 Å². The van der Waals surface area contributed by atoms with Crippen LogP contribution in [0.2, 0.25) is 5.02 Å². The molecule has 0 radical (unpaired) electrons. The normalized spacial score (nSPS) is 13.9. The van der Waals surface area contributed by atoms with Gasteiger partial charge in [0.25, 0.3) is 5.56 Å². The van der Waals surface area contributed by atoms with Gasteiger partial charge in [0, 0.05) is 47.1 Å². The number of aromatic nitrogens is 3. The lowest BCUT2D eigenvalue weighted by atomic mass is 10.1. The van der Waals surface area contributed by atoms with Crippen LogP contribution in [-0.4, -0.2) is 26.4 Å². The van der Waals surface area contributed by atoms with Crippen molar-refractivity contribution in [3.63, 3.8) is 0 Å². The van der Waals surface area contributed by atoms with Crippen LogP contribution in [0.25, 0.3) is 22.6 Å². The molecule has 0 saturated heterocycles. The highest BCUT2D eigenvalue weighted by Crippen LogP contribution is 2.28. The Bertz CT molecular complexity index is 1230. The van der Waals surface area contributed by atoms with E-state index in [0.717, 1.165) is 47.6 Å². The number of fused-ring (bicyclic) bond motifs is 1. The van der Waals surface area contributed by atoms with E-state index in [9.17, 15) is 4.79 Å². The molecule has 7 heteroatoms. The van der Waals surface area contributed by atoms with Gasteiger partial charge >= 0.3 is 0 Å². The molecule has 0 fully saturated rings. The summed E-state index contributed by atoms with van der Waals surface area (Å²) in [6, 6.07) is 17.6. The van der Waals surface area contributed by atoms with Crippen LogP contribution in [0.15, 0.2) is 64.9 Å². The van der Waals surface area contributed by atoms with Crippen LogP contribution >= 0.6 is 22.9 Å². The molecule has 4 aromatic rings. The number of halogens is 1. The summed E-state index contributed by atoms with van der Waals surface area (Å²) < 4.78 is 0. The van der Waals surface area contributed by atoms with Crippen LogP contribution < -0.4 is 5.56 Å². The Kier molecular flexibility index (Phi) is 5.21. The quantitative estimate of drug-likeness (QED) is 0.502. The molecule has 3 heterocycles. The zero-order valence-electron chi connectivity index (χ0n) is 16.1. The van der Waals surface area contributed by atoms with Crippen LogP contribution in [0.5, 0.6) is 0 Å². The van der Waals surface area contributed by atoms with E-state index in [0.29, 0.717) is 17.4 Å². The van der Waals surface area contributed by atoms with Crippen molar-refractivity contribution in [2.45, 2.75) is 19.5 Å². The van der Waals surface area contributed by atoms with Gasteiger partial charge in [-0.15, -0.1) is 11.3 Å². The molecule has 1 aliphatic heterocycles. The summed E-state index contributed by atoms with van der Waals surface area (Å²) in [5, 5.41) is 0.660. The number of hydrogen-bond acceptors (Lipinski definition) is 5. The van der Waals surface area contributed by atoms with Gasteiger partial charge in [-0.3, -0.25) is 9.69 Å². The summed E-state index contributed by atoms with van der Waals surface area (Å²) in [6.07, 6.45) is 0.749. The number of benzene rings is 2. The maximum Gasteiger partial charge on any atom is 0.255 e. The Balaban J connectivity index is 1.38. The van der Waals surface area contributed by atoms with Crippen molar-refractivity contribution in [2.75, 3.05) is 6.54 Å². The zero-order chi connectivity index (χ0) is 20.5. The van der Waals surface area contributed by atoms with E-state index in [1.165, 1.54) is 4.88 Å². The first-order chi connectivity index (χ1) is 14.7. The van der Waals surface area contributed by atoms with E-state index >= 15 is 0 Å². The molecule has 0 aliphatic carbocycles. The highest BCUT2D eigenvalue weighted by atomic mass is 35.5. The summed E-state index contributed by atoms with van der Waals surface area (Å²) in [5.74, 6) is 0.595. The predicted molar refractivity (Wildman–Crippen MR) is 121 cm³/mol. The maximum atomic E-state index is 12.8. The van der Waals surface area contributed by atoms with Crippen molar-refractivity contribution in [3.8, 4) is 22.6 Å². The smallest absolute Gasteiger partial charge is 0.255 e. The highest BCUT2D eigenvalue weighted by molar-refractivity contribution is 7.10. The Morgan fingerprint density at radius 1 is 1.07 bits per heavy atom. The van der Waals surface area contributed by atoms with E-state index < -0.39 is 0 Å². The number of nitrogens with one attached hydrogen (secondary N) is 1. The van der Waals surface area contributed by atoms with Crippen LogP contribution in [0.3, 0.4) is 0 Å². The molecule has 2 aromatic heterocycles. The second kappa shape index (κ2) is 8.14. The molecule has 0 unspecified atom stereocenters.